The third-order valence-electron chi connectivity index (χ3n) is 14.9. The van der Waals surface area contributed by atoms with Crippen molar-refractivity contribution in [3.63, 3.8) is 0 Å². The third-order valence-corrected chi connectivity index (χ3v) is 17.5. The number of carbonyl (C=O) groups excluding carboxylic acids is 5. The molecule has 4 atom stereocenters. The summed E-state index contributed by atoms with van der Waals surface area (Å²) in [4.78, 5) is 90.3. The Kier molecular flexibility index (Phi) is 20.8. The van der Waals surface area contributed by atoms with Gasteiger partial charge >= 0.3 is 0 Å². The number of nitrogens with two attached hydrogens (primary N) is 2. The van der Waals surface area contributed by atoms with Gasteiger partial charge in [0.1, 0.15) is 22.9 Å². The van der Waals surface area contributed by atoms with Crippen molar-refractivity contribution in [2.24, 2.45) is 11.1 Å². The summed E-state index contributed by atoms with van der Waals surface area (Å²) in [5.41, 5.74) is 17.0. The summed E-state index contributed by atoms with van der Waals surface area (Å²) in [6.07, 6.45) is 8.84. The van der Waals surface area contributed by atoms with Crippen molar-refractivity contribution in [3.05, 3.63) is 70.5 Å². The lowest BCUT2D eigenvalue weighted by Crippen LogP contribution is -2.57. The monoisotopic (exact) mass is 1110 g/mol. The molecule has 5 amide bonds. The normalized spacial score (nSPS) is 18.7. The highest BCUT2D eigenvalue weighted by Gasteiger charge is 2.45. The highest BCUT2D eigenvalue weighted by Crippen LogP contribution is 2.39. The number of β-amino-alcohol motifs (C(OH)–C–C–N with tert-alkyl or cyclic N) is 1. The first kappa shape index (κ1) is 59.3. The predicted molar refractivity (Wildman–Crippen MR) is 306 cm³/mol. The molecule has 8 N–H and O–H groups in total. The molecule has 21 heteroatoms. The van der Waals surface area contributed by atoms with E-state index in [-0.39, 0.29) is 66.9 Å². The standard InChI is InChI=1S/C56H79ClN12O6S2/c1-36(38-17-19-39(20-18-38)49-37(2)61-35-76-49)62-52(74)42-32-40(70)34-69(42)54(75)50(55(3,4)5)65-45(71)16-11-9-7-8-10-12-25-66-28-30-68(31-29-66)47(73)22-21-46(72)63-41-14-13-15-43(48(41)57)77-53-51(58)64-44(33-60-53)67-26-23-56(6,59)24-27-67/h13-15,17-20,33,35-36,40,42,50,70H,7-12,16,21-32,34,59H2,1-6H3,(H2,58,64)(H,62,74)(H,63,72)(H,65,71)/t36-,40+,42-,50?/m0/s1. The Bertz CT molecular complexity index is 2670. The summed E-state index contributed by atoms with van der Waals surface area (Å²) in [6.45, 7) is 16.9. The average Bonchev–Trinajstić information content (AvgIpc) is 4.03. The number of rotatable bonds is 22. The smallest absolute Gasteiger partial charge is 0.246 e. The average molecular weight is 1120 g/mol. The predicted octanol–water partition coefficient (Wildman–Crippen LogP) is 7.58. The zero-order valence-electron chi connectivity index (χ0n) is 45.6. The van der Waals surface area contributed by atoms with Crippen molar-refractivity contribution < 1.29 is 29.1 Å². The van der Waals surface area contributed by atoms with Crippen LogP contribution in [0.15, 0.2) is 64.1 Å². The minimum absolute atomic E-state index is 0.0182. The largest absolute Gasteiger partial charge is 0.391 e. The number of nitrogen functional groups attached to an aromatic ring is 1. The molecular weight excluding hydrogens is 1040 g/mol. The SMILES string of the molecule is Cc1ncsc1-c1ccc([C@H](C)NC(=O)[C@@H]2C[C@@H](O)CN2C(=O)C(NC(=O)CCCCCCCCN2CCN(C(=O)CCC(=O)Nc3cccc(Sc4ncc(N5CCC(C)(N)CC5)nc4N)c3Cl)CC2)C(C)(C)C)cc1. The molecule has 18 nitrogen and oxygen atoms in total. The van der Waals surface area contributed by atoms with Gasteiger partial charge in [-0.15, -0.1) is 11.3 Å². The van der Waals surface area contributed by atoms with Crippen LogP contribution in [0.25, 0.3) is 10.4 Å². The van der Waals surface area contributed by atoms with Crippen LogP contribution in [0.4, 0.5) is 17.3 Å². The number of hydrogen-bond acceptors (Lipinski definition) is 15. The van der Waals surface area contributed by atoms with Crippen molar-refractivity contribution in [1.82, 2.24) is 40.3 Å². The minimum Gasteiger partial charge on any atom is -0.391 e. The van der Waals surface area contributed by atoms with E-state index in [0.717, 1.165) is 99.4 Å². The fraction of sp³-hybridized carbons (Fsp3) is 0.571. The van der Waals surface area contributed by atoms with Gasteiger partial charge in [0.15, 0.2) is 5.82 Å². The number of benzene rings is 2. The summed E-state index contributed by atoms with van der Waals surface area (Å²) < 4.78 is 0. The molecule has 0 aliphatic carbocycles. The van der Waals surface area contributed by atoms with Crippen molar-refractivity contribution >= 4 is 81.6 Å². The fourth-order valence-corrected chi connectivity index (χ4v) is 12.0. The van der Waals surface area contributed by atoms with E-state index < -0.39 is 23.6 Å². The van der Waals surface area contributed by atoms with E-state index in [4.69, 9.17) is 23.1 Å². The van der Waals surface area contributed by atoms with Crippen LogP contribution in [0, 0.1) is 12.3 Å². The molecule has 0 spiro atoms. The van der Waals surface area contributed by atoms with E-state index in [1.165, 1.54) is 16.7 Å². The van der Waals surface area contributed by atoms with Crippen LogP contribution < -0.4 is 32.3 Å². The number of likely N-dealkylation sites (tertiary alicyclic amines) is 1. The molecule has 2 aromatic heterocycles. The molecule has 0 saturated carbocycles. The number of aromatic nitrogens is 3. The third kappa shape index (κ3) is 16.6. The molecule has 3 saturated heterocycles. The molecule has 3 fully saturated rings. The van der Waals surface area contributed by atoms with Gasteiger partial charge < -0.3 is 47.2 Å². The molecule has 2 aromatic carbocycles. The molecule has 5 heterocycles. The first-order chi connectivity index (χ1) is 36.6. The lowest BCUT2D eigenvalue weighted by Gasteiger charge is -2.37. The molecule has 3 aliphatic rings. The minimum atomic E-state index is -0.870. The van der Waals surface area contributed by atoms with E-state index in [0.29, 0.717) is 58.2 Å². The van der Waals surface area contributed by atoms with Crippen LogP contribution in [0.5, 0.6) is 0 Å². The number of amides is 5. The maximum Gasteiger partial charge on any atom is 0.246 e. The van der Waals surface area contributed by atoms with Gasteiger partial charge in [-0.1, -0.05) is 100 Å². The number of aryl methyl sites for hydroxylation is 1. The van der Waals surface area contributed by atoms with Crippen LogP contribution in [-0.2, 0) is 24.0 Å². The van der Waals surface area contributed by atoms with E-state index in [1.807, 2.05) is 75.4 Å². The molecule has 0 radical (unpaired) electrons. The lowest BCUT2D eigenvalue weighted by molar-refractivity contribution is -0.144. The second-order valence-corrected chi connectivity index (χ2v) is 24.6. The number of unbranched alkanes of at least 4 members (excludes halogenated alkanes) is 5. The van der Waals surface area contributed by atoms with E-state index >= 15 is 0 Å². The number of piperazine rings is 1. The van der Waals surface area contributed by atoms with Gasteiger partial charge in [-0.3, -0.25) is 28.9 Å². The zero-order valence-corrected chi connectivity index (χ0v) is 48.0. The van der Waals surface area contributed by atoms with Crippen molar-refractivity contribution in [3.8, 4) is 10.4 Å². The molecule has 4 aromatic rings. The number of piperidine rings is 1. The number of anilines is 3. The van der Waals surface area contributed by atoms with Crippen molar-refractivity contribution in [2.75, 3.05) is 68.3 Å². The number of nitrogens with zero attached hydrogens (tertiary/aromatic N) is 7. The molecule has 3 aliphatic heterocycles. The second-order valence-electron chi connectivity index (χ2n) is 22.3. The Morgan fingerprint density at radius 1 is 0.896 bits per heavy atom. The first-order valence-electron chi connectivity index (χ1n) is 27.2. The van der Waals surface area contributed by atoms with Gasteiger partial charge in [-0.2, -0.15) is 0 Å². The van der Waals surface area contributed by atoms with Gasteiger partial charge in [0.05, 0.1) is 45.1 Å². The quantitative estimate of drug-likeness (QED) is 0.0416. The molecule has 0 bridgehead atoms. The second kappa shape index (κ2) is 27.0. The Balaban J connectivity index is 0.746. The van der Waals surface area contributed by atoms with Gasteiger partial charge in [-0.05, 0) is 81.7 Å². The first-order valence-corrected chi connectivity index (χ1v) is 29.2. The molecule has 7 rings (SSSR count). The number of aliphatic hydroxyl groups excluding tert-OH is 1. The van der Waals surface area contributed by atoms with Gasteiger partial charge in [0, 0.05) is 81.9 Å². The Morgan fingerprint density at radius 2 is 1.58 bits per heavy atom. The van der Waals surface area contributed by atoms with E-state index in [9.17, 15) is 29.1 Å². The van der Waals surface area contributed by atoms with Crippen LogP contribution in [0.3, 0.4) is 0 Å². The summed E-state index contributed by atoms with van der Waals surface area (Å²) >= 11 is 9.60. The Labute approximate surface area is 467 Å². The topological polar surface area (TPSA) is 245 Å². The number of nitrogens with one attached hydrogen (secondary N) is 3. The number of hydrogen-bond donors (Lipinski definition) is 6. The highest BCUT2D eigenvalue weighted by atomic mass is 35.5. The number of halogens is 1. The molecular formula is C56H79ClN12O6S2. The summed E-state index contributed by atoms with van der Waals surface area (Å²) in [6, 6.07) is 11.3. The van der Waals surface area contributed by atoms with Crippen LogP contribution >= 0.6 is 34.7 Å². The van der Waals surface area contributed by atoms with Crippen molar-refractivity contribution in [1.29, 1.82) is 0 Å². The zero-order chi connectivity index (χ0) is 55.4. The Hall–Kier alpha value is -5.38. The van der Waals surface area contributed by atoms with Crippen LogP contribution in [0.2, 0.25) is 5.02 Å². The summed E-state index contributed by atoms with van der Waals surface area (Å²) in [5.74, 6) is -0.262. The number of thiazole rings is 1. The summed E-state index contributed by atoms with van der Waals surface area (Å²) in [7, 11) is 0. The van der Waals surface area contributed by atoms with E-state index in [2.05, 4.69) is 47.6 Å². The summed E-state index contributed by atoms with van der Waals surface area (Å²) in [5, 5.41) is 20.4. The van der Waals surface area contributed by atoms with Crippen molar-refractivity contribution in [2.45, 2.75) is 158 Å². The Morgan fingerprint density at radius 3 is 2.25 bits per heavy atom. The van der Waals surface area contributed by atoms with E-state index in [1.54, 1.807) is 29.7 Å². The number of carbonyl (C=O) groups is 5. The van der Waals surface area contributed by atoms with Gasteiger partial charge in [0.25, 0.3) is 0 Å². The van der Waals surface area contributed by atoms with Gasteiger partial charge in [0.2, 0.25) is 29.5 Å². The highest BCUT2D eigenvalue weighted by molar-refractivity contribution is 7.99. The maximum atomic E-state index is 14.1. The molecule has 1 unspecified atom stereocenters. The van der Waals surface area contributed by atoms with Gasteiger partial charge in [-0.25, -0.2) is 15.0 Å². The molecule has 418 valence electrons. The lowest BCUT2D eigenvalue weighted by atomic mass is 9.85. The molecule has 77 heavy (non-hydrogen) atoms. The fourth-order valence-electron chi connectivity index (χ4n) is 10.0. The van der Waals surface area contributed by atoms with Crippen LogP contribution in [-0.4, -0.2) is 140 Å². The van der Waals surface area contributed by atoms with Crippen LogP contribution in [0.1, 0.15) is 129 Å². The maximum absolute atomic E-state index is 14.1. The number of aliphatic hydroxyl groups is 1.